The van der Waals surface area contributed by atoms with Gasteiger partial charge in [0.1, 0.15) is 0 Å². The number of benzene rings is 1. The normalized spacial score (nSPS) is 12.6. The number of aryl methyl sites for hydroxylation is 2. The van der Waals surface area contributed by atoms with Gasteiger partial charge in [-0.1, -0.05) is 32.0 Å². The van der Waals surface area contributed by atoms with Gasteiger partial charge in [0, 0.05) is 12.6 Å². The van der Waals surface area contributed by atoms with Gasteiger partial charge in [-0.3, -0.25) is 0 Å². The molecule has 1 atom stereocenters. The van der Waals surface area contributed by atoms with Crippen molar-refractivity contribution in [2.24, 2.45) is 0 Å². The molecule has 0 aromatic heterocycles. The van der Waals surface area contributed by atoms with Gasteiger partial charge < -0.3 is 10.1 Å². The second kappa shape index (κ2) is 9.11. The Morgan fingerprint density at radius 3 is 2.37 bits per heavy atom. The molecule has 0 saturated carbocycles. The van der Waals surface area contributed by atoms with E-state index in [4.69, 9.17) is 4.74 Å². The first-order chi connectivity index (χ1) is 9.19. The Balaban J connectivity index is 2.64. The van der Waals surface area contributed by atoms with Crippen molar-refractivity contribution in [3.63, 3.8) is 0 Å². The summed E-state index contributed by atoms with van der Waals surface area (Å²) in [5, 5.41) is 3.61. The summed E-state index contributed by atoms with van der Waals surface area (Å²) in [5.74, 6) is 0. The van der Waals surface area contributed by atoms with Gasteiger partial charge >= 0.3 is 0 Å². The summed E-state index contributed by atoms with van der Waals surface area (Å²) in [4.78, 5) is 0. The fourth-order valence-corrected chi connectivity index (χ4v) is 2.33. The van der Waals surface area contributed by atoms with Gasteiger partial charge in [-0.15, -0.1) is 0 Å². The Morgan fingerprint density at radius 1 is 1.11 bits per heavy atom. The molecule has 1 unspecified atom stereocenters. The molecule has 1 aromatic rings. The maximum Gasteiger partial charge on any atom is 0.0622 e. The maximum atomic E-state index is 5.73. The van der Waals surface area contributed by atoms with E-state index in [9.17, 15) is 0 Å². The van der Waals surface area contributed by atoms with Crippen LogP contribution in [0.25, 0.3) is 0 Å². The van der Waals surface area contributed by atoms with Crippen LogP contribution in [0, 0.1) is 13.8 Å². The van der Waals surface area contributed by atoms with E-state index in [2.05, 4.69) is 51.2 Å². The largest absolute Gasteiger partial charge is 0.380 e. The Kier molecular flexibility index (Phi) is 7.76. The molecule has 2 nitrogen and oxygen atoms in total. The standard InChI is InChI=1S/C17H29NO/c1-5-10-18-16(13-19-11-6-2)12-17-14(3)8-7-9-15(17)4/h7-9,16,18H,5-6,10-13H2,1-4H3. The van der Waals surface area contributed by atoms with E-state index in [0.717, 1.165) is 39.0 Å². The van der Waals surface area contributed by atoms with Crippen molar-refractivity contribution in [2.45, 2.75) is 53.0 Å². The highest BCUT2D eigenvalue weighted by Gasteiger charge is 2.12. The molecule has 0 spiro atoms. The van der Waals surface area contributed by atoms with Crippen LogP contribution in [-0.4, -0.2) is 25.8 Å². The molecular weight excluding hydrogens is 234 g/mol. The third-order valence-electron chi connectivity index (χ3n) is 3.45. The van der Waals surface area contributed by atoms with Crippen LogP contribution in [0.2, 0.25) is 0 Å². The number of rotatable bonds is 9. The van der Waals surface area contributed by atoms with Crippen molar-refractivity contribution in [2.75, 3.05) is 19.8 Å². The first-order valence-corrected chi connectivity index (χ1v) is 7.55. The minimum Gasteiger partial charge on any atom is -0.380 e. The lowest BCUT2D eigenvalue weighted by molar-refractivity contribution is 0.111. The van der Waals surface area contributed by atoms with E-state index in [0.29, 0.717) is 6.04 Å². The van der Waals surface area contributed by atoms with Crippen molar-refractivity contribution in [1.82, 2.24) is 5.32 Å². The van der Waals surface area contributed by atoms with E-state index < -0.39 is 0 Å². The first kappa shape index (κ1) is 16.2. The van der Waals surface area contributed by atoms with Crippen molar-refractivity contribution in [3.8, 4) is 0 Å². The molecule has 0 saturated heterocycles. The molecule has 19 heavy (non-hydrogen) atoms. The summed E-state index contributed by atoms with van der Waals surface area (Å²) in [6, 6.07) is 6.96. The Hall–Kier alpha value is -0.860. The van der Waals surface area contributed by atoms with Crippen LogP contribution in [0.15, 0.2) is 18.2 Å². The predicted molar refractivity (Wildman–Crippen MR) is 82.8 cm³/mol. The second-order valence-electron chi connectivity index (χ2n) is 5.30. The zero-order valence-electron chi connectivity index (χ0n) is 13.0. The van der Waals surface area contributed by atoms with Crippen LogP contribution in [0.1, 0.15) is 43.4 Å². The SMILES string of the molecule is CCCNC(COCCC)Cc1c(C)cccc1C. The highest BCUT2D eigenvalue weighted by molar-refractivity contribution is 5.34. The quantitative estimate of drug-likeness (QED) is 0.687. The molecule has 0 radical (unpaired) electrons. The Labute approximate surface area is 118 Å². The highest BCUT2D eigenvalue weighted by Crippen LogP contribution is 2.15. The molecular formula is C17H29NO. The molecule has 108 valence electrons. The number of hydrogen-bond donors (Lipinski definition) is 1. The fourth-order valence-electron chi connectivity index (χ4n) is 2.33. The van der Waals surface area contributed by atoms with E-state index >= 15 is 0 Å². The van der Waals surface area contributed by atoms with Gasteiger partial charge in [0.2, 0.25) is 0 Å². The van der Waals surface area contributed by atoms with Crippen molar-refractivity contribution in [1.29, 1.82) is 0 Å². The zero-order valence-corrected chi connectivity index (χ0v) is 13.0. The number of nitrogens with one attached hydrogen (secondary N) is 1. The second-order valence-corrected chi connectivity index (χ2v) is 5.30. The van der Waals surface area contributed by atoms with Crippen molar-refractivity contribution >= 4 is 0 Å². The molecule has 0 bridgehead atoms. The van der Waals surface area contributed by atoms with Gasteiger partial charge in [-0.2, -0.15) is 0 Å². The summed E-state index contributed by atoms with van der Waals surface area (Å²) in [6.45, 7) is 11.5. The Bertz CT molecular complexity index is 342. The van der Waals surface area contributed by atoms with Gasteiger partial charge in [0.05, 0.1) is 6.61 Å². The van der Waals surface area contributed by atoms with Gasteiger partial charge in [-0.25, -0.2) is 0 Å². The van der Waals surface area contributed by atoms with Crippen LogP contribution < -0.4 is 5.32 Å². The van der Waals surface area contributed by atoms with Crippen LogP contribution in [0.4, 0.5) is 0 Å². The first-order valence-electron chi connectivity index (χ1n) is 7.55. The smallest absolute Gasteiger partial charge is 0.0622 e. The summed E-state index contributed by atoms with van der Waals surface area (Å²) in [7, 11) is 0. The predicted octanol–water partition coefficient (Wildman–Crippen LogP) is 3.64. The molecule has 0 amide bonds. The van der Waals surface area contributed by atoms with E-state index in [1.54, 1.807) is 0 Å². The molecule has 2 heteroatoms. The van der Waals surface area contributed by atoms with E-state index in [-0.39, 0.29) is 0 Å². The average Bonchev–Trinajstić information content (AvgIpc) is 2.39. The van der Waals surface area contributed by atoms with Gasteiger partial charge in [0.25, 0.3) is 0 Å². The lowest BCUT2D eigenvalue weighted by Gasteiger charge is -2.21. The topological polar surface area (TPSA) is 21.3 Å². The van der Waals surface area contributed by atoms with Crippen molar-refractivity contribution < 1.29 is 4.74 Å². The molecule has 1 aromatic carbocycles. The fraction of sp³-hybridized carbons (Fsp3) is 0.647. The third-order valence-corrected chi connectivity index (χ3v) is 3.45. The lowest BCUT2D eigenvalue weighted by Crippen LogP contribution is -2.36. The molecule has 0 fully saturated rings. The number of ether oxygens (including phenoxy) is 1. The molecule has 1 rings (SSSR count). The van der Waals surface area contributed by atoms with E-state index in [1.165, 1.54) is 16.7 Å². The molecule has 0 aliphatic rings. The molecule has 0 heterocycles. The molecule has 0 aliphatic heterocycles. The Morgan fingerprint density at radius 2 is 1.79 bits per heavy atom. The molecule has 1 N–H and O–H groups in total. The third kappa shape index (κ3) is 5.75. The lowest BCUT2D eigenvalue weighted by atomic mass is 9.96. The maximum absolute atomic E-state index is 5.73. The summed E-state index contributed by atoms with van der Waals surface area (Å²) >= 11 is 0. The minimum absolute atomic E-state index is 0.422. The van der Waals surface area contributed by atoms with Crippen LogP contribution in [0.5, 0.6) is 0 Å². The van der Waals surface area contributed by atoms with Gasteiger partial charge in [-0.05, 0) is 56.3 Å². The summed E-state index contributed by atoms with van der Waals surface area (Å²) in [6.07, 6.45) is 3.31. The number of hydrogen-bond acceptors (Lipinski definition) is 2. The molecule has 0 aliphatic carbocycles. The van der Waals surface area contributed by atoms with Crippen molar-refractivity contribution in [3.05, 3.63) is 34.9 Å². The summed E-state index contributed by atoms with van der Waals surface area (Å²) in [5.41, 5.74) is 4.24. The summed E-state index contributed by atoms with van der Waals surface area (Å²) < 4.78 is 5.73. The van der Waals surface area contributed by atoms with Crippen LogP contribution in [0.3, 0.4) is 0 Å². The average molecular weight is 263 g/mol. The monoisotopic (exact) mass is 263 g/mol. The van der Waals surface area contributed by atoms with Crippen LogP contribution in [-0.2, 0) is 11.2 Å². The zero-order chi connectivity index (χ0) is 14.1. The highest BCUT2D eigenvalue weighted by atomic mass is 16.5. The van der Waals surface area contributed by atoms with Crippen LogP contribution >= 0.6 is 0 Å². The minimum atomic E-state index is 0.422. The van der Waals surface area contributed by atoms with Gasteiger partial charge in [0.15, 0.2) is 0 Å². The van der Waals surface area contributed by atoms with E-state index in [1.807, 2.05) is 0 Å².